The van der Waals surface area contributed by atoms with Crippen LogP contribution in [0.15, 0.2) is 12.5 Å². The summed E-state index contributed by atoms with van der Waals surface area (Å²) < 4.78 is 0. The van der Waals surface area contributed by atoms with Crippen molar-refractivity contribution in [2.24, 2.45) is 5.73 Å². The van der Waals surface area contributed by atoms with Gasteiger partial charge in [0.15, 0.2) is 0 Å². The number of aliphatic hydroxyl groups excluding tert-OH is 1. The molecule has 0 aliphatic heterocycles. The molecule has 0 aliphatic carbocycles. The molecule has 0 saturated heterocycles. The van der Waals surface area contributed by atoms with E-state index < -0.39 is 18.1 Å². The van der Waals surface area contributed by atoms with E-state index in [4.69, 9.17) is 10.8 Å². The largest absolute Gasteiger partial charge is 0.480 e. The third-order valence-electron chi connectivity index (χ3n) is 1.45. The molecule has 1 heterocycles. The highest BCUT2D eigenvalue weighted by Gasteiger charge is 2.24. The van der Waals surface area contributed by atoms with Crippen molar-refractivity contribution in [3.05, 3.63) is 18.2 Å². The zero-order chi connectivity index (χ0) is 9.14. The molecule has 0 bridgehead atoms. The lowest BCUT2D eigenvalue weighted by Gasteiger charge is -2.11. The molecule has 0 radical (unpaired) electrons. The molecule has 66 valence electrons. The second-order valence-corrected chi connectivity index (χ2v) is 2.30. The summed E-state index contributed by atoms with van der Waals surface area (Å²) in [7, 11) is 0. The number of rotatable bonds is 3. The molecule has 0 unspecified atom stereocenters. The van der Waals surface area contributed by atoms with Crippen LogP contribution in [0.3, 0.4) is 0 Å². The van der Waals surface area contributed by atoms with Gasteiger partial charge < -0.3 is 20.9 Å². The average Bonchev–Trinajstić information content (AvgIpc) is 2.53. The minimum absolute atomic E-state index is 0.227. The number of hydrogen-bond donors (Lipinski definition) is 4. The number of carboxylic acids is 1. The van der Waals surface area contributed by atoms with E-state index in [1.54, 1.807) is 0 Å². The van der Waals surface area contributed by atoms with Gasteiger partial charge in [-0.25, -0.2) is 4.98 Å². The Morgan fingerprint density at radius 1 is 1.75 bits per heavy atom. The lowest BCUT2D eigenvalue weighted by Crippen LogP contribution is -2.36. The fraction of sp³-hybridized carbons (Fsp3) is 0.333. The van der Waals surface area contributed by atoms with Crippen molar-refractivity contribution >= 4 is 5.97 Å². The van der Waals surface area contributed by atoms with E-state index in [1.807, 2.05) is 0 Å². The van der Waals surface area contributed by atoms with Crippen LogP contribution in [0.1, 0.15) is 11.8 Å². The van der Waals surface area contributed by atoms with Gasteiger partial charge in [0.2, 0.25) is 0 Å². The molecular formula is C6H9N3O3. The number of aromatic amines is 1. The van der Waals surface area contributed by atoms with Crippen molar-refractivity contribution in [3.8, 4) is 0 Å². The molecule has 1 aromatic rings. The van der Waals surface area contributed by atoms with Crippen LogP contribution < -0.4 is 5.73 Å². The molecule has 2 atom stereocenters. The smallest absolute Gasteiger partial charge is 0.323 e. The number of nitrogens with two attached hydrogens (primary N) is 1. The molecule has 0 aliphatic rings. The van der Waals surface area contributed by atoms with Gasteiger partial charge in [0.05, 0.1) is 12.0 Å². The van der Waals surface area contributed by atoms with Gasteiger partial charge in [0, 0.05) is 6.20 Å². The summed E-state index contributed by atoms with van der Waals surface area (Å²) in [6, 6.07) is -1.34. The van der Waals surface area contributed by atoms with Gasteiger partial charge >= 0.3 is 5.97 Å². The number of nitrogens with one attached hydrogen (secondary N) is 1. The highest BCUT2D eigenvalue weighted by Crippen LogP contribution is 2.11. The lowest BCUT2D eigenvalue weighted by atomic mass is 10.1. The monoisotopic (exact) mass is 171 g/mol. The number of hydrogen-bond acceptors (Lipinski definition) is 4. The zero-order valence-electron chi connectivity index (χ0n) is 6.14. The molecule has 12 heavy (non-hydrogen) atoms. The Hall–Kier alpha value is -1.40. The first-order valence-electron chi connectivity index (χ1n) is 3.28. The maximum Gasteiger partial charge on any atom is 0.323 e. The normalized spacial score (nSPS) is 15.5. The molecule has 1 aromatic heterocycles. The molecule has 0 aromatic carbocycles. The van der Waals surface area contributed by atoms with Gasteiger partial charge in [-0.3, -0.25) is 4.79 Å². The fourth-order valence-electron chi connectivity index (χ4n) is 0.752. The summed E-state index contributed by atoms with van der Waals surface area (Å²) in [5.74, 6) is -1.26. The minimum Gasteiger partial charge on any atom is -0.480 e. The van der Waals surface area contributed by atoms with Crippen LogP contribution in [-0.2, 0) is 4.79 Å². The predicted molar refractivity (Wildman–Crippen MR) is 39.2 cm³/mol. The maximum atomic E-state index is 10.3. The molecule has 0 fully saturated rings. The number of nitrogens with zero attached hydrogens (tertiary/aromatic N) is 1. The van der Waals surface area contributed by atoms with Crippen molar-refractivity contribution < 1.29 is 15.0 Å². The second-order valence-electron chi connectivity index (χ2n) is 2.30. The van der Waals surface area contributed by atoms with Gasteiger partial charge in [0.1, 0.15) is 12.1 Å². The Morgan fingerprint density at radius 3 is 2.83 bits per heavy atom. The molecule has 1 rings (SSSR count). The number of aliphatic hydroxyl groups is 1. The number of aliphatic carboxylic acids is 1. The number of carbonyl (C=O) groups is 1. The molecule has 0 saturated carbocycles. The number of imidazole rings is 1. The van der Waals surface area contributed by atoms with Crippen LogP contribution in [0.4, 0.5) is 0 Å². The predicted octanol–water partition coefficient (Wildman–Crippen LogP) is -1.15. The van der Waals surface area contributed by atoms with Gasteiger partial charge in [-0.1, -0.05) is 0 Å². The van der Waals surface area contributed by atoms with E-state index in [2.05, 4.69) is 9.97 Å². The van der Waals surface area contributed by atoms with E-state index in [9.17, 15) is 9.90 Å². The highest BCUT2D eigenvalue weighted by atomic mass is 16.4. The summed E-state index contributed by atoms with van der Waals surface area (Å²) in [6.45, 7) is 0. The Morgan fingerprint density at radius 2 is 2.42 bits per heavy atom. The van der Waals surface area contributed by atoms with Crippen molar-refractivity contribution in [2.75, 3.05) is 0 Å². The van der Waals surface area contributed by atoms with Gasteiger partial charge in [-0.2, -0.15) is 0 Å². The second kappa shape index (κ2) is 3.33. The first-order chi connectivity index (χ1) is 5.63. The van der Waals surface area contributed by atoms with Crippen molar-refractivity contribution in [1.29, 1.82) is 0 Å². The molecule has 6 heteroatoms. The van der Waals surface area contributed by atoms with Crippen LogP contribution in [0.25, 0.3) is 0 Å². The SMILES string of the molecule is N[C@H](C(=O)O)[C@H](O)c1c[nH]cn1. The first kappa shape index (κ1) is 8.69. The lowest BCUT2D eigenvalue weighted by molar-refractivity contribution is -0.141. The van der Waals surface area contributed by atoms with Crippen LogP contribution in [0.2, 0.25) is 0 Å². The van der Waals surface area contributed by atoms with Crippen molar-refractivity contribution in [1.82, 2.24) is 9.97 Å². The van der Waals surface area contributed by atoms with E-state index in [0.29, 0.717) is 0 Å². The Balaban J connectivity index is 2.71. The third-order valence-corrected chi connectivity index (χ3v) is 1.45. The van der Waals surface area contributed by atoms with Crippen molar-refractivity contribution in [2.45, 2.75) is 12.1 Å². The molecule has 5 N–H and O–H groups in total. The van der Waals surface area contributed by atoms with Crippen LogP contribution in [0.5, 0.6) is 0 Å². The quantitative estimate of drug-likeness (QED) is 0.459. The molecule has 0 amide bonds. The van der Waals surface area contributed by atoms with E-state index in [-0.39, 0.29) is 5.69 Å². The maximum absolute atomic E-state index is 10.3. The summed E-state index contributed by atoms with van der Waals surface area (Å²) >= 11 is 0. The summed E-state index contributed by atoms with van der Waals surface area (Å²) in [4.78, 5) is 16.6. The Bertz CT molecular complexity index is 259. The van der Waals surface area contributed by atoms with E-state index >= 15 is 0 Å². The number of carboxylic acid groups (broad SMARTS) is 1. The Kier molecular flexibility index (Phi) is 2.41. The standard InChI is InChI=1S/C6H9N3O3/c7-4(6(11)12)5(10)3-1-8-2-9-3/h1-2,4-5,10H,7H2,(H,8,9)(H,11,12)/t4-,5+/m0/s1. The van der Waals surface area contributed by atoms with Gasteiger partial charge in [-0.05, 0) is 0 Å². The van der Waals surface area contributed by atoms with Gasteiger partial charge in [-0.15, -0.1) is 0 Å². The Labute approximate surface area is 68.0 Å². The topological polar surface area (TPSA) is 112 Å². The van der Waals surface area contributed by atoms with Gasteiger partial charge in [0.25, 0.3) is 0 Å². The van der Waals surface area contributed by atoms with Crippen LogP contribution in [0, 0.1) is 0 Å². The number of aromatic nitrogens is 2. The number of H-pyrrole nitrogens is 1. The van der Waals surface area contributed by atoms with E-state index in [1.165, 1.54) is 12.5 Å². The summed E-state index contributed by atoms with van der Waals surface area (Å²) in [6.07, 6.45) is 1.47. The molecular weight excluding hydrogens is 162 g/mol. The molecule has 0 spiro atoms. The summed E-state index contributed by atoms with van der Waals surface area (Å²) in [5, 5.41) is 17.7. The van der Waals surface area contributed by atoms with Crippen molar-refractivity contribution in [3.63, 3.8) is 0 Å². The zero-order valence-corrected chi connectivity index (χ0v) is 6.14. The van der Waals surface area contributed by atoms with Crippen LogP contribution >= 0.6 is 0 Å². The van der Waals surface area contributed by atoms with E-state index in [0.717, 1.165) is 0 Å². The third kappa shape index (κ3) is 1.60. The fourth-order valence-corrected chi connectivity index (χ4v) is 0.752. The highest BCUT2D eigenvalue weighted by molar-refractivity contribution is 5.74. The first-order valence-corrected chi connectivity index (χ1v) is 3.28. The van der Waals surface area contributed by atoms with Crippen LogP contribution in [-0.4, -0.2) is 32.2 Å². The molecule has 6 nitrogen and oxygen atoms in total. The average molecular weight is 171 g/mol. The summed E-state index contributed by atoms with van der Waals surface area (Å²) in [5.41, 5.74) is 5.37. The minimum atomic E-state index is -1.34.